The van der Waals surface area contributed by atoms with Crippen LogP contribution < -0.4 is 10.6 Å². The smallest absolute Gasteiger partial charge is 0.319 e. The van der Waals surface area contributed by atoms with Gasteiger partial charge in [0.2, 0.25) is 0 Å². The maximum atomic E-state index is 12.1. The molecule has 3 aromatic rings. The monoisotopic (exact) mass is 334 g/mol. The number of aromatic nitrogens is 1. The second-order valence-electron chi connectivity index (χ2n) is 5.08. The molecule has 2 aromatic carbocycles. The van der Waals surface area contributed by atoms with Crippen molar-refractivity contribution in [1.82, 2.24) is 10.3 Å². The third-order valence-corrected chi connectivity index (χ3v) is 3.56. The highest BCUT2D eigenvalue weighted by atomic mass is 32.1. The summed E-state index contributed by atoms with van der Waals surface area (Å²) in [5.74, 6) is 0. The molecule has 0 aliphatic rings. The molecule has 0 saturated heterocycles. The lowest BCUT2D eigenvalue weighted by Crippen LogP contribution is -2.28. The van der Waals surface area contributed by atoms with Crippen LogP contribution in [0.2, 0.25) is 0 Å². The zero-order valence-corrected chi connectivity index (χ0v) is 13.5. The average Bonchev–Trinajstić information content (AvgIpc) is 2.61. The van der Waals surface area contributed by atoms with Gasteiger partial charge in [-0.2, -0.15) is 4.99 Å². The highest BCUT2D eigenvalue weighted by molar-refractivity contribution is 7.78. The summed E-state index contributed by atoms with van der Waals surface area (Å²) < 4.78 is 0. The molecule has 3 rings (SSSR count). The first kappa shape index (κ1) is 15.8. The molecule has 0 fully saturated rings. The molecule has 0 atom stereocenters. The van der Waals surface area contributed by atoms with E-state index >= 15 is 0 Å². The van der Waals surface area contributed by atoms with Gasteiger partial charge in [0.05, 0.1) is 16.5 Å². The Morgan fingerprint density at radius 2 is 2.08 bits per heavy atom. The van der Waals surface area contributed by atoms with Gasteiger partial charge in [-0.3, -0.25) is 4.98 Å². The van der Waals surface area contributed by atoms with Crippen molar-refractivity contribution in [2.24, 2.45) is 4.99 Å². The van der Waals surface area contributed by atoms with E-state index < -0.39 is 0 Å². The zero-order chi connectivity index (χ0) is 16.8. The predicted octanol–water partition coefficient (Wildman–Crippen LogP) is 4.29. The first-order valence-electron chi connectivity index (χ1n) is 7.31. The topological polar surface area (TPSA) is 66.4 Å². The van der Waals surface area contributed by atoms with Crippen LogP contribution in [-0.4, -0.2) is 16.2 Å². The van der Waals surface area contributed by atoms with Gasteiger partial charge in [0.15, 0.2) is 0 Å². The van der Waals surface area contributed by atoms with Crippen LogP contribution in [0.25, 0.3) is 10.8 Å². The minimum atomic E-state index is -0.275. The Kier molecular flexibility index (Phi) is 4.91. The summed E-state index contributed by atoms with van der Waals surface area (Å²) in [6.45, 7) is 0.388. The number of hydrogen-bond donors (Lipinski definition) is 2. The fourth-order valence-electron chi connectivity index (χ4n) is 2.37. The normalized spacial score (nSPS) is 10.0. The number of isothiocyanates is 1. The number of nitrogens with zero attached hydrogens (tertiary/aromatic N) is 2. The summed E-state index contributed by atoms with van der Waals surface area (Å²) in [6.07, 6.45) is 3.47. The Morgan fingerprint density at radius 1 is 1.21 bits per heavy atom. The van der Waals surface area contributed by atoms with Crippen molar-refractivity contribution in [2.45, 2.75) is 6.54 Å². The van der Waals surface area contributed by atoms with Crippen LogP contribution in [0, 0.1) is 0 Å². The molecule has 0 spiro atoms. The molecule has 0 aliphatic heterocycles. The minimum Gasteiger partial charge on any atom is -0.334 e. The largest absolute Gasteiger partial charge is 0.334 e. The van der Waals surface area contributed by atoms with Crippen LogP contribution in [0.15, 0.2) is 65.9 Å². The van der Waals surface area contributed by atoms with Crippen LogP contribution in [0.1, 0.15) is 5.56 Å². The molecule has 0 bridgehead atoms. The number of anilines is 1. The maximum Gasteiger partial charge on any atom is 0.319 e. The van der Waals surface area contributed by atoms with E-state index in [2.05, 4.69) is 38.0 Å². The predicted molar refractivity (Wildman–Crippen MR) is 98.7 cm³/mol. The molecule has 24 heavy (non-hydrogen) atoms. The van der Waals surface area contributed by atoms with E-state index in [0.29, 0.717) is 12.2 Å². The van der Waals surface area contributed by atoms with Crippen LogP contribution in [0.5, 0.6) is 0 Å². The first-order valence-corrected chi connectivity index (χ1v) is 7.71. The Labute approximate surface area is 144 Å². The lowest BCUT2D eigenvalue weighted by Gasteiger charge is -2.10. The van der Waals surface area contributed by atoms with Crippen molar-refractivity contribution < 1.29 is 4.79 Å². The molecular weight excluding hydrogens is 320 g/mol. The fraction of sp³-hybridized carbons (Fsp3) is 0.0556. The van der Waals surface area contributed by atoms with Gasteiger partial charge in [0.1, 0.15) is 0 Å². The summed E-state index contributed by atoms with van der Waals surface area (Å²) >= 11 is 4.59. The number of carbonyl (C=O) groups excluding carboxylic acids is 1. The quantitative estimate of drug-likeness (QED) is 0.552. The van der Waals surface area contributed by atoms with Gasteiger partial charge < -0.3 is 10.6 Å². The second-order valence-corrected chi connectivity index (χ2v) is 5.27. The number of aliphatic imine (C=N–C) groups is 1. The number of benzene rings is 2. The van der Waals surface area contributed by atoms with Crippen molar-refractivity contribution in [3.8, 4) is 0 Å². The number of pyridine rings is 1. The second kappa shape index (κ2) is 7.46. The van der Waals surface area contributed by atoms with Crippen LogP contribution in [0.3, 0.4) is 0 Å². The number of thiocarbonyl (C=S) groups is 1. The van der Waals surface area contributed by atoms with Crippen LogP contribution in [0.4, 0.5) is 16.2 Å². The van der Waals surface area contributed by atoms with Gasteiger partial charge in [0.25, 0.3) is 0 Å². The third-order valence-electron chi connectivity index (χ3n) is 3.47. The van der Waals surface area contributed by atoms with E-state index in [1.165, 1.54) is 0 Å². The highest BCUT2D eigenvalue weighted by Crippen LogP contribution is 2.22. The molecule has 0 saturated carbocycles. The number of rotatable bonds is 4. The van der Waals surface area contributed by atoms with E-state index in [1.807, 2.05) is 48.5 Å². The van der Waals surface area contributed by atoms with E-state index in [4.69, 9.17) is 0 Å². The number of urea groups is 1. The lowest BCUT2D eigenvalue weighted by atomic mass is 10.1. The molecule has 2 amide bonds. The molecule has 2 N–H and O–H groups in total. The van der Waals surface area contributed by atoms with Crippen LogP contribution in [-0.2, 0) is 6.54 Å². The van der Waals surface area contributed by atoms with Gasteiger partial charge in [-0.05, 0) is 42.0 Å². The summed E-state index contributed by atoms with van der Waals surface area (Å²) in [6, 6.07) is 14.7. The SMILES string of the molecule is O=C(NCc1cccc(N=C=S)c1)Nc1cccc2cnccc12. The summed E-state index contributed by atoms with van der Waals surface area (Å²) in [5.41, 5.74) is 2.39. The molecule has 0 radical (unpaired) electrons. The molecule has 1 aromatic heterocycles. The zero-order valence-electron chi connectivity index (χ0n) is 12.7. The standard InChI is InChI=1S/C18H14N4OS/c23-18(20-10-13-3-1-5-15(9-13)21-12-24)22-17-6-2-4-14-11-19-8-7-16(14)17/h1-9,11H,10H2,(H2,20,22,23). The third kappa shape index (κ3) is 3.81. The summed E-state index contributed by atoms with van der Waals surface area (Å²) in [5, 5.41) is 9.94. The van der Waals surface area contributed by atoms with Gasteiger partial charge in [-0.15, -0.1) is 0 Å². The highest BCUT2D eigenvalue weighted by Gasteiger charge is 2.05. The van der Waals surface area contributed by atoms with E-state index in [-0.39, 0.29) is 6.03 Å². The number of fused-ring (bicyclic) bond motifs is 1. The van der Waals surface area contributed by atoms with Crippen molar-refractivity contribution >= 4 is 45.6 Å². The summed E-state index contributed by atoms with van der Waals surface area (Å²) in [4.78, 5) is 20.2. The number of amides is 2. The van der Waals surface area contributed by atoms with Gasteiger partial charge in [0, 0.05) is 29.7 Å². The van der Waals surface area contributed by atoms with Crippen molar-refractivity contribution in [3.05, 3.63) is 66.5 Å². The van der Waals surface area contributed by atoms with Gasteiger partial charge >= 0.3 is 6.03 Å². The van der Waals surface area contributed by atoms with E-state index in [0.717, 1.165) is 22.0 Å². The molecule has 1 heterocycles. The van der Waals surface area contributed by atoms with Gasteiger partial charge in [-0.25, -0.2) is 4.79 Å². The number of carbonyl (C=O) groups is 1. The summed E-state index contributed by atoms with van der Waals surface area (Å²) in [7, 11) is 0. The van der Waals surface area contributed by atoms with Crippen LogP contribution >= 0.6 is 12.2 Å². The van der Waals surface area contributed by atoms with Crippen molar-refractivity contribution in [1.29, 1.82) is 0 Å². The Bertz CT molecular complexity index is 930. The Balaban J connectivity index is 1.67. The molecule has 0 aliphatic carbocycles. The Morgan fingerprint density at radius 3 is 2.96 bits per heavy atom. The maximum absolute atomic E-state index is 12.1. The lowest BCUT2D eigenvalue weighted by molar-refractivity contribution is 0.252. The molecule has 118 valence electrons. The van der Waals surface area contributed by atoms with E-state index in [9.17, 15) is 4.79 Å². The fourth-order valence-corrected chi connectivity index (χ4v) is 2.47. The molecule has 0 unspecified atom stereocenters. The molecule has 6 heteroatoms. The Hall–Kier alpha value is -3.08. The molecular formula is C18H14N4OS. The molecule has 5 nitrogen and oxygen atoms in total. The van der Waals surface area contributed by atoms with Crippen molar-refractivity contribution in [2.75, 3.05) is 5.32 Å². The van der Waals surface area contributed by atoms with Gasteiger partial charge in [-0.1, -0.05) is 24.3 Å². The number of nitrogens with one attached hydrogen (secondary N) is 2. The number of hydrogen-bond acceptors (Lipinski definition) is 4. The average molecular weight is 334 g/mol. The van der Waals surface area contributed by atoms with Crippen molar-refractivity contribution in [3.63, 3.8) is 0 Å². The minimum absolute atomic E-state index is 0.275. The first-order chi connectivity index (χ1) is 11.8. The van der Waals surface area contributed by atoms with E-state index in [1.54, 1.807) is 12.4 Å².